The van der Waals surface area contributed by atoms with Gasteiger partial charge in [0.1, 0.15) is 0 Å². The van der Waals surface area contributed by atoms with Crippen molar-refractivity contribution in [1.29, 1.82) is 0 Å². The summed E-state index contributed by atoms with van der Waals surface area (Å²) in [4.78, 5) is 21.0. The Hall–Kier alpha value is -0.610. The molecule has 0 amide bonds. The van der Waals surface area contributed by atoms with Crippen LogP contribution in [0, 0.1) is 0 Å². The fourth-order valence-electron chi connectivity index (χ4n) is 0.974. The van der Waals surface area contributed by atoms with Crippen molar-refractivity contribution in [1.82, 2.24) is 0 Å². The summed E-state index contributed by atoms with van der Waals surface area (Å²) in [6.45, 7) is 16.5. The molecule has 4 heteroatoms. The molecule has 0 radical (unpaired) electrons. The second-order valence-corrected chi connectivity index (χ2v) is 7.07. The third-order valence-electron chi connectivity index (χ3n) is 2.04. The van der Waals surface area contributed by atoms with Crippen LogP contribution in [0.2, 0.25) is 0 Å². The average Bonchev–Trinajstić information content (AvgIpc) is 2.33. The quantitative estimate of drug-likeness (QED) is 0.286. The lowest BCUT2D eigenvalue weighted by atomic mass is 10.2. The third-order valence-corrected chi connectivity index (χ3v) is 2.04. The molecule has 0 saturated heterocycles. The van der Waals surface area contributed by atoms with Gasteiger partial charge in [-0.25, -0.2) is 9.78 Å². The van der Waals surface area contributed by atoms with E-state index >= 15 is 0 Å². The van der Waals surface area contributed by atoms with E-state index < -0.39 is 0 Å². The summed E-state index contributed by atoms with van der Waals surface area (Å²) in [7, 11) is 0. The average molecular weight is 304 g/mol. The van der Waals surface area contributed by atoms with E-state index in [0.29, 0.717) is 13.0 Å². The van der Waals surface area contributed by atoms with Gasteiger partial charge in [0, 0.05) is 6.42 Å². The van der Waals surface area contributed by atoms with Gasteiger partial charge < -0.3 is 4.74 Å². The number of rotatable bonds is 7. The highest BCUT2D eigenvalue weighted by Crippen LogP contribution is 2.14. The smallest absolute Gasteiger partial charge is 0.305 e. The predicted molar refractivity (Wildman–Crippen MR) is 87.1 cm³/mol. The fourth-order valence-corrected chi connectivity index (χ4v) is 0.974. The standard InChI is InChI=1S/C9H18O2.C8H18O2/c1-3-5-7-9(10)11-8-6-4-2;1-7(2,3)9-10-8(4,5)6/h3-8H2,1-2H3;1-6H3. The number of carbonyl (C=O) groups is 1. The van der Waals surface area contributed by atoms with Crippen LogP contribution in [-0.4, -0.2) is 23.8 Å². The highest BCUT2D eigenvalue weighted by molar-refractivity contribution is 5.69. The first-order valence-corrected chi connectivity index (χ1v) is 8.04. The molecule has 0 spiro atoms. The predicted octanol–water partition coefficient (Wildman–Crippen LogP) is 5.05. The zero-order valence-corrected chi connectivity index (χ0v) is 15.4. The van der Waals surface area contributed by atoms with Gasteiger partial charge in [-0.1, -0.05) is 26.7 Å². The number of hydrogen-bond acceptors (Lipinski definition) is 4. The maximum Gasteiger partial charge on any atom is 0.305 e. The van der Waals surface area contributed by atoms with Crippen molar-refractivity contribution in [3.63, 3.8) is 0 Å². The summed E-state index contributed by atoms with van der Waals surface area (Å²) in [6.07, 6.45) is 4.66. The Morgan fingerprint density at radius 3 is 1.57 bits per heavy atom. The second kappa shape index (κ2) is 12.0. The molecule has 0 aromatic heterocycles. The normalized spacial score (nSPS) is 11.6. The van der Waals surface area contributed by atoms with Crippen molar-refractivity contribution in [2.24, 2.45) is 0 Å². The maximum atomic E-state index is 10.9. The Kier molecular flexibility index (Phi) is 12.9. The van der Waals surface area contributed by atoms with E-state index in [4.69, 9.17) is 14.5 Å². The van der Waals surface area contributed by atoms with Crippen LogP contribution < -0.4 is 0 Å². The summed E-state index contributed by atoms with van der Waals surface area (Å²) < 4.78 is 4.95. The Balaban J connectivity index is 0. The molecule has 0 aliphatic carbocycles. The highest BCUT2D eigenvalue weighted by Gasteiger charge is 2.18. The molecule has 21 heavy (non-hydrogen) atoms. The zero-order valence-electron chi connectivity index (χ0n) is 15.4. The summed E-state index contributed by atoms with van der Waals surface area (Å²) in [5, 5.41) is 0. The van der Waals surface area contributed by atoms with Gasteiger partial charge in [-0.05, 0) is 54.4 Å². The van der Waals surface area contributed by atoms with Crippen molar-refractivity contribution in [3.8, 4) is 0 Å². The van der Waals surface area contributed by atoms with Crippen LogP contribution in [0.4, 0.5) is 0 Å². The first kappa shape index (κ1) is 22.7. The molecular formula is C17H36O4. The van der Waals surface area contributed by atoms with Crippen LogP contribution >= 0.6 is 0 Å². The fraction of sp³-hybridized carbons (Fsp3) is 0.941. The van der Waals surface area contributed by atoms with Crippen LogP contribution in [0.5, 0.6) is 0 Å². The summed E-state index contributed by atoms with van der Waals surface area (Å²) in [5.74, 6) is -0.0414. The van der Waals surface area contributed by atoms with E-state index in [1.54, 1.807) is 0 Å². The minimum absolute atomic E-state index is 0.0414. The van der Waals surface area contributed by atoms with Crippen molar-refractivity contribution < 1.29 is 19.3 Å². The van der Waals surface area contributed by atoms with E-state index in [0.717, 1.165) is 25.7 Å². The molecule has 0 bridgehead atoms. The van der Waals surface area contributed by atoms with Gasteiger partial charge >= 0.3 is 5.97 Å². The zero-order chi connectivity index (χ0) is 16.9. The molecule has 0 fully saturated rings. The second-order valence-electron chi connectivity index (χ2n) is 7.07. The van der Waals surface area contributed by atoms with Crippen molar-refractivity contribution in [3.05, 3.63) is 0 Å². The minimum atomic E-state index is -0.215. The SMILES string of the molecule is CC(C)(C)OOC(C)(C)C.CCCCOC(=O)CCCC. The van der Waals surface area contributed by atoms with Crippen LogP contribution in [0.25, 0.3) is 0 Å². The summed E-state index contributed by atoms with van der Waals surface area (Å²) >= 11 is 0. The van der Waals surface area contributed by atoms with Crippen molar-refractivity contribution >= 4 is 5.97 Å². The van der Waals surface area contributed by atoms with Gasteiger partial charge in [0.2, 0.25) is 0 Å². The Morgan fingerprint density at radius 1 is 0.810 bits per heavy atom. The first-order valence-electron chi connectivity index (χ1n) is 8.04. The monoisotopic (exact) mass is 304 g/mol. The lowest BCUT2D eigenvalue weighted by molar-refractivity contribution is -0.393. The molecule has 0 atom stereocenters. The summed E-state index contributed by atoms with van der Waals surface area (Å²) in [6, 6.07) is 0. The molecule has 0 aliphatic rings. The molecular weight excluding hydrogens is 268 g/mol. The molecule has 0 aromatic rings. The van der Waals surface area contributed by atoms with Crippen LogP contribution in [0.15, 0.2) is 0 Å². The van der Waals surface area contributed by atoms with Gasteiger partial charge in [-0.15, -0.1) is 0 Å². The number of esters is 1. The summed E-state index contributed by atoms with van der Waals surface area (Å²) in [5.41, 5.74) is -0.430. The van der Waals surface area contributed by atoms with Gasteiger partial charge in [0.25, 0.3) is 0 Å². The number of ether oxygens (including phenoxy) is 1. The molecule has 4 nitrogen and oxygen atoms in total. The molecule has 0 heterocycles. The minimum Gasteiger partial charge on any atom is -0.466 e. The highest BCUT2D eigenvalue weighted by atomic mass is 17.2. The van der Waals surface area contributed by atoms with E-state index in [1.165, 1.54) is 0 Å². The van der Waals surface area contributed by atoms with Gasteiger partial charge in [0.15, 0.2) is 0 Å². The van der Waals surface area contributed by atoms with E-state index in [9.17, 15) is 4.79 Å². The number of hydrogen-bond donors (Lipinski definition) is 0. The van der Waals surface area contributed by atoms with E-state index in [1.807, 2.05) is 41.5 Å². The molecule has 0 aromatic carbocycles. The Labute approximate surface area is 131 Å². The molecule has 128 valence electrons. The van der Waals surface area contributed by atoms with Crippen LogP contribution in [0.1, 0.15) is 87.5 Å². The van der Waals surface area contributed by atoms with Gasteiger partial charge in [0.05, 0.1) is 17.8 Å². The number of carbonyl (C=O) groups excluding carboxylic acids is 1. The van der Waals surface area contributed by atoms with Crippen LogP contribution in [0.3, 0.4) is 0 Å². The molecule has 0 unspecified atom stereocenters. The van der Waals surface area contributed by atoms with Gasteiger partial charge in [-0.3, -0.25) is 4.79 Å². The molecule has 0 saturated carbocycles. The lowest BCUT2D eigenvalue weighted by Crippen LogP contribution is -2.27. The Bertz CT molecular complexity index is 234. The topological polar surface area (TPSA) is 44.8 Å². The molecule has 0 N–H and O–H groups in total. The Morgan fingerprint density at radius 2 is 1.24 bits per heavy atom. The van der Waals surface area contributed by atoms with Gasteiger partial charge in [-0.2, -0.15) is 0 Å². The first-order chi connectivity index (χ1) is 9.52. The molecule has 0 rings (SSSR count). The lowest BCUT2D eigenvalue weighted by Gasteiger charge is -2.24. The van der Waals surface area contributed by atoms with Crippen LogP contribution in [-0.2, 0) is 19.3 Å². The van der Waals surface area contributed by atoms with E-state index in [-0.39, 0.29) is 17.2 Å². The number of unbranched alkanes of at least 4 members (excludes halogenated alkanes) is 2. The van der Waals surface area contributed by atoms with Crippen molar-refractivity contribution in [2.45, 2.75) is 98.7 Å². The largest absolute Gasteiger partial charge is 0.466 e. The van der Waals surface area contributed by atoms with E-state index in [2.05, 4.69) is 13.8 Å². The third kappa shape index (κ3) is 24.8. The molecule has 0 aliphatic heterocycles. The maximum absolute atomic E-state index is 10.9. The van der Waals surface area contributed by atoms with Crippen molar-refractivity contribution in [2.75, 3.05) is 6.61 Å².